The highest BCUT2D eigenvalue weighted by molar-refractivity contribution is 5.74. The molecular weight excluding hydrogens is 675 g/mol. The zero-order valence-electron chi connectivity index (χ0n) is 23.9. The van der Waals surface area contributed by atoms with Gasteiger partial charge in [-0.15, -0.1) is 0 Å². The standard InChI is InChI=1S/C21H20N6.3C2HF3O2/c22-14-16-12-15(6-7-20(16)27-10-1-2-11-27)19-8-9-24-21(26-19)25-18-5-3-4-17(23)13-18;3*3-2(4,5)1(6)7/h3-9,12-13H,1-2,10-11,23H2,(H,24,25,26);3*(H,6,7). The Morgan fingerprint density at radius 2 is 1.31 bits per heavy atom. The van der Waals surface area contributed by atoms with Crippen molar-refractivity contribution < 1.29 is 69.2 Å². The predicted molar refractivity (Wildman–Crippen MR) is 149 cm³/mol. The van der Waals surface area contributed by atoms with Crippen molar-refractivity contribution in [3.63, 3.8) is 0 Å². The summed E-state index contributed by atoms with van der Waals surface area (Å²) in [5, 5.41) is 34.1. The number of rotatable bonds is 4. The number of hydrogen-bond donors (Lipinski definition) is 5. The van der Waals surface area contributed by atoms with Crippen LogP contribution in [0.25, 0.3) is 11.3 Å². The molecule has 48 heavy (non-hydrogen) atoms. The summed E-state index contributed by atoms with van der Waals surface area (Å²) in [7, 11) is 0. The molecule has 0 bridgehead atoms. The number of nitrogens with two attached hydrogens (primary N) is 1. The maximum Gasteiger partial charge on any atom is 0.490 e. The van der Waals surface area contributed by atoms with Crippen LogP contribution in [0, 0.1) is 11.3 Å². The Hall–Kier alpha value is -5.81. The molecule has 12 nitrogen and oxygen atoms in total. The molecule has 1 aliphatic rings. The first-order chi connectivity index (χ1) is 22.1. The van der Waals surface area contributed by atoms with Crippen molar-refractivity contribution in [3.8, 4) is 17.3 Å². The van der Waals surface area contributed by atoms with Gasteiger partial charge < -0.3 is 31.3 Å². The fourth-order valence-electron chi connectivity index (χ4n) is 3.34. The molecule has 0 saturated carbocycles. The van der Waals surface area contributed by atoms with E-state index < -0.39 is 36.4 Å². The fourth-order valence-corrected chi connectivity index (χ4v) is 3.34. The number of benzene rings is 2. The van der Waals surface area contributed by atoms with Crippen LogP contribution in [0.5, 0.6) is 0 Å². The highest BCUT2D eigenvalue weighted by atomic mass is 19.4. The Morgan fingerprint density at radius 1 is 0.812 bits per heavy atom. The van der Waals surface area contributed by atoms with Crippen LogP contribution in [0.4, 0.5) is 62.5 Å². The maximum atomic E-state index is 10.6. The van der Waals surface area contributed by atoms with Crippen molar-refractivity contribution in [2.75, 3.05) is 29.0 Å². The van der Waals surface area contributed by atoms with Gasteiger partial charge in [0.1, 0.15) is 6.07 Å². The molecule has 0 radical (unpaired) electrons. The van der Waals surface area contributed by atoms with Crippen LogP contribution in [0.2, 0.25) is 0 Å². The Bertz CT molecular complexity index is 1550. The van der Waals surface area contributed by atoms with Crippen molar-refractivity contribution in [1.29, 1.82) is 5.26 Å². The molecule has 0 amide bonds. The summed E-state index contributed by atoms with van der Waals surface area (Å²) >= 11 is 0. The Labute approximate surface area is 263 Å². The molecule has 260 valence electrons. The van der Waals surface area contributed by atoms with Gasteiger partial charge in [0.25, 0.3) is 0 Å². The number of nitrogens with zero attached hydrogens (tertiary/aromatic N) is 4. The lowest BCUT2D eigenvalue weighted by Crippen LogP contribution is -2.21. The van der Waals surface area contributed by atoms with E-state index in [0.29, 0.717) is 17.2 Å². The van der Waals surface area contributed by atoms with E-state index in [0.717, 1.165) is 35.7 Å². The number of nitrogens with one attached hydrogen (secondary N) is 1. The van der Waals surface area contributed by atoms with E-state index in [2.05, 4.69) is 26.3 Å². The van der Waals surface area contributed by atoms with Gasteiger partial charge in [0.05, 0.1) is 16.9 Å². The number of nitriles is 1. The van der Waals surface area contributed by atoms with Crippen molar-refractivity contribution >= 4 is 40.9 Å². The molecular formula is C27H23F9N6O6. The molecule has 1 fully saturated rings. The summed E-state index contributed by atoms with van der Waals surface area (Å²) in [6.07, 6.45) is -11.2. The van der Waals surface area contributed by atoms with E-state index in [1.807, 2.05) is 48.5 Å². The quantitative estimate of drug-likeness (QED) is 0.161. The fraction of sp³-hybridized carbons (Fsp3) is 0.259. The van der Waals surface area contributed by atoms with E-state index in [-0.39, 0.29) is 0 Å². The molecule has 1 aliphatic heterocycles. The number of aromatic nitrogens is 2. The Balaban J connectivity index is 0.000000448. The van der Waals surface area contributed by atoms with Gasteiger partial charge in [0.15, 0.2) is 0 Å². The molecule has 2 heterocycles. The van der Waals surface area contributed by atoms with Crippen molar-refractivity contribution in [2.45, 2.75) is 31.4 Å². The predicted octanol–water partition coefficient (Wildman–Crippen LogP) is 5.84. The Morgan fingerprint density at radius 3 is 1.75 bits per heavy atom. The number of aliphatic carboxylic acids is 3. The maximum absolute atomic E-state index is 10.6. The lowest BCUT2D eigenvalue weighted by atomic mass is 10.1. The first kappa shape index (κ1) is 40.2. The second-order valence-electron chi connectivity index (χ2n) is 8.96. The zero-order valence-corrected chi connectivity index (χ0v) is 23.9. The summed E-state index contributed by atoms with van der Waals surface area (Å²) in [6, 6.07) is 17.5. The van der Waals surface area contributed by atoms with Crippen molar-refractivity contribution in [1.82, 2.24) is 9.97 Å². The number of anilines is 4. The largest absolute Gasteiger partial charge is 0.490 e. The summed E-state index contributed by atoms with van der Waals surface area (Å²) < 4.78 is 95.2. The Kier molecular flexibility index (Phi) is 14.4. The molecule has 4 rings (SSSR count). The zero-order chi connectivity index (χ0) is 36.9. The van der Waals surface area contributed by atoms with Gasteiger partial charge in [-0.3, -0.25) is 0 Å². The molecule has 6 N–H and O–H groups in total. The highest BCUT2D eigenvalue weighted by Gasteiger charge is 2.39. The molecule has 3 aromatic rings. The minimum Gasteiger partial charge on any atom is -0.475 e. The molecule has 0 unspecified atom stereocenters. The van der Waals surface area contributed by atoms with Crippen LogP contribution >= 0.6 is 0 Å². The van der Waals surface area contributed by atoms with E-state index in [1.165, 1.54) is 12.8 Å². The van der Waals surface area contributed by atoms with Gasteiger partial charge in [-0.1, -0.05) is 12.1 Å². The van der Waals surface area contributed by atoms with E-state index in [9.17, 15) is 44.8 Å². The van der Waals surface area contributed by atoms with Crippen LogP contribution in [0.1, 0.15) is 18.4 Å². The van der Waals surface area contributed by atoms with Crippen LogP contribution in [0.3, 0.4) is 0 Å². The monoisotopic (exact) mass is 698 g/mol. The number of nitrogen functional groups attached to an aromatic ring is 1. The SMILES string of the molecule is N#Cc1cc(-c2ccnc(Nc3cccc(N)c3)n2)ccc1N1CCCC1.O=C(O)C(F)(F)F.O=C(O)C(F)(F)F.O=C(O)C(F)(F)F. The molecule has 2 aromatic carbocycles. The number of alkyl halides is 9. The summed E-state index contributed by atoms with van der Waals surface area (Å²) in [5.41, 5.74) is 10.7. The number of carboxylic acids is 3. The second kappa shape index (κ2) is 17.2. The third kappa shape index (κ3) is 14.1. The van der Waals surface area contributed by atoms with Gasteiger partial charge in [-0.2, -0.15) is 44.8 Å². The second-order valence-corrected chi connectivity index (χ2v) is 8.96. The van der Waals surface area contributed by atoms with Crippen molar-refractivity contribution in [3.05, 3.63) is 60.3 Å². The van der Waals surface area contributed by atoms with Gasteiger partial charge in [0, 0.05) is 36.2 Å². The molecule has 1 saturated heterocycles. The normalized spacial score (nSPS) is 12.5. The third-order valence-electron chi connectivity index (χ3n) is 5.39. The average Bonchev–Trinajstić information content (AvgIpc) is 3.51. The van der Waals surface area contributed by atoms with E-state index >= 15 is 0 Å². The minimum atomic E-state index is -5.08. The molecule has 0 atom stereocenters. The third-order valence-corrected chi connectivity index (χ3v) is 5.39. The summed E-state index contributed by atoms with van der Waals surface area (Å²) in [5.74, 6) is -7.78. The average molecular weight is 698 g/mol. The van der Waals surface area contributed by atoms with E-state index in [4.69, 9.17) is 35.4 Å². The van der Waals surface area contributed by atoms with Crippen molar-refractivity contribution in [2.24, 2.45) is 0 Å². The van der Waals surface area contributed by atoms with Crippen LogP contribution < -0.4 is 16.0 Å². The van der Waals surface area contributed by atoms with Gasteiger partial charge in [0.2, 0.25) is 5.95 Å². The molecule has 1 aromatic heterocycles. The lowest BCUT2D eigenvalue weighted by molar-refractivity contribution is -0.193. The summed E-state index contributed by atoms with van der Waals surface area (Å²) in [4.78, 5) is 37.8. The van der Waals surface area contributed by atoms with Crippen LogP contribution in [-0.4, -0.2) is 74.8 Å². The number of carboxylic acid groups (broad SMARTS) is 3. The first-order valence-corrected chi connectivity index (χ1v) is 12.7. The van der Waals surface area contributed by atoms with Crippen LogP contribution in [0.15, 0.2) is 54.7 Å². The summed E-state index contributed by atoms with van der Waals surface area (Å²) in [6.45, 7) is 2.02. The minimum absolute atomic E-state index is 0.486. The smallest absolute Gasteiger partial charge is 0.475 e. The van der Waals surface area contributed by atoms with E-state index in [1.54, 1.807) is 6.20 Å². The number of hydrogen-bond acceptors (Lipinski definition) is 9. The topological polar surface area (TPSA) is 203 Å². The molecule has 21 heteroatoms. The number of carbonyl (C=O) groups is 3. The van der Waals surface area contributed by atoms with Crippen LogP contribution in [-0.2, 0) is 14.4 Å². The molecule has 0 spiro atoms. The molecule has 0 aliphatic carbocycles. The first-order valence-electron chi connectivity index (χ1n) is 12.7. The van der Waals surface area contributed by atoms with Gasteiger partial charge >= 0.3 is 36.4 Å². The van der Waals surface area contributed by atoms with Gasteiger partial charge in [-0.05, 0) is 49.2 Å². The highest BCUT2D eigenvalue weighted by Crippen LogP contribution is 2.29. The number of halogens is 9. The lowest BCUT2D eigenvalue weighted by Gasteiger charge is -2.19. The van der Waals surface area contributed by atoms with Gasteiger partial charge in [-0.25, -0.2) is 24.4 Å².